The molecule has 0 radical (unpaired) electrons. The van der Waals surface area contributed by atoms with Crippen LogP contribution in [0.3, 0.4) is 0 Å². The van der Waals surface area contributed by atoms with Gasteiger partial charge < -0.3 is 35.0 Å². The SMILES string of the molecule is CCOC(=O)CC(CCc1ccccc1)NC(=O)CNC(=O)C(CCC1CCN(C(=O)O)CC1)CCC1CCN(C(=O)OC(C)(C)C)CC1. The molecule has 2 fully saturated rings. The highest BCUT2D eigenvalue weighted by molar-refractivity contribution is 5.86. The van der Waals surface area contributed by atoms with Crippen LogP contribution in [0.4, 0.5) is 9.59 Å². The molecular weight excluding hydrogens is 628 g/mol. The Labute approximate surface area is 291 Å². The molecule has 3 N–H and O–H groups in total. The lowest BCUT2D eigenvalue weighted by Gasteiger charge is -2.34. The van der Waals surface area contributed by atoms with Gasteiger partial charge in [-0.15, -0.1) is 0 Å². The minimum absolute atomic E-state index is 0.0520. The summed E-state index contributed by atoms with van der Waals surface area (Å²) in [6.45, 7) is 9.64. The van der Waals surface area contributed by atoms with E-state index >= 15 is 0 Å². The van der Waals surface area contributed by atoms with Crippen molar-refractivity contribution in [2.45, 2.75) is 110 Å². The van der Waals surface area contributed by atoms with Crippen molar-refractivity contribution < 1.29 is 38.6 Å². The van der Waals surface area contributed by atoms with Crippen molar-refractivity contribution in [2.24, 2.45) is 17.8 Å². The zero-order valence-corrected chi connectivity index (χ0v) is 29.9. The van der Waals surface area contributed by atoms with Crippen LogP contribution in [0.1, 0.15) is 97.5 Å². The number of piperidine rings is 2. The van der Waals surface area contributed by atoms with Crippen LogP contribution >= 0.6 is 0 Å². The van der Waals surface area contributed by atoms with Crippen LogP contribution in [0.15, 0.2) is 30.3 Å². The fourth-order valence-corrected chi connectivity index (χ4v) is 6.65. The Bertz CT molecular complexity index is 1200. The van der Waals surface area contributed by atoms with Crippen molar-refractivity contribution >= 4 is 30.0 Å². The minimum Gasteiger partial charge on any atom is -0.466 e. The van der Waals surface area contributed by atoms with Gasteiger partial charge in [-0.2, -0.15) is 0 Å². The summed E-state index contributed by atoms with van der Waals surface area (Å²) in [5, 5.41) is 15.1. The van der Waals surface area contributed by atoms with Crippen LogP contribution in [-0.2, 0) is 30.3 Å². The molecule has 4 amide bonds. The summed E-state index contributed by atoms with van der Waals surface area (Å²) in [6.07, 6.45) is 6.32. The lowest BCUT2D eigenvalue weighted by atomic mass is 9.84. The molecular formula is C37H58N4O8. The molecule has 2 heterocycles. The lowest BCUT2D eigenvalue weighted by molar-refractivity contribution is -0.144. The predicted molar refractivity (Wildman–Crippen MR) is 186 cm³/mol. The topological polar surface area (TPSA) is 155 Å². The smallest absolute Gasteiger partial charge is 0.410 e. The number of carbonyl (C=O) groups is 5. The van der Waals surface area contributed by atoms with Crippen molar-refractivity contribution in [1.29, 1.82) is 0 Å². The maximum absolute atomic E-state index is 13.5. The first kappa shape index (κ1) is 39.6. The van der Waals surface area contributed by atoms with E-state index in [1.165, 1.54) is 4.90 Å². The van der Waals surface area contributed by atoms with Gasteiger partial charge in [0.25, 0.3) is 0 Å². The molecule has 0 aromatic heterocycles. The molecule has 12 nitrogen and oxygen atoms in total. The number of carboxylic acid groups (broad SMARTS) is 1. The van der Waals surface area contributed by atoms with E-state index in [0.717, 1.165) is 44.1 Å². The zero-order chi connectivity index (χ0) is 35.8. The van der Waals surface area contributed by atoms with E-state index in [-0.39, 0.29) is 49.4 Å². The summed E-state index contributed by atoms with van der Waals surface area (Å²) in [5.74, 6) is -0.469. The van der Waals surface area contributed by atoms with Crippen LogP contribution in [-0.4, -0.2) is 95.9 Å². The fourth-order valence-electron chi connectivity index (χ4n) is 6.65. The van der Waals surface area contributed by atoms with Crippen molar-refractivity contribution in [3.8, 4) is 0 Å². The summed E-state index contributed by atoms with van der Waals surface area (Å²) in [5.41, 5.74) is 0.561. The van der Waals surface area contributed by atoms with Gasteiger partial charge in [0.05, 0.1) is 19.6 Å². The van der Waals surface area contributed by atoms with Crippen LogP contribution < -0.4 is 10.6 Å². The van der Waals surface area contributed by atoms with Crippen molar-refractivity contribution in [3.63, 3.8) is 0 Å². The zero-order valence-electron chi connectivity index (χ0n) is 29.9. The van der Waals surface area contributed by atoms with E-state index in [1.807, 2.05) is 51.1 Å². The predicted octanol–water partition coefficient (Wildman–Crippen LogP) is 5.39. The molecule has 1 aromatic carbocycles. The van der Waals surface area contributed by atoms with E-state index in [4.69, 9.17) is 9.47 Å². The third kappa shape index (κ3) is 15.1. The summed E-state index contributed by atoms with van der Waals surface area (Å²) < 4.78 is 10.7. The number of hydrogen-bond acceptors (Lipinski definition) is 7. The number of aryl methyl sites for hydroxylation is 1. The molecule has 0 saturated carbocycles. The van der Waals surface area contributed by atoms with Gasteiger partial charge in [0, 0.05) is 38.1 Å². The number of carbonyl (C=O) groups excluding carboxylic acids is 4. The average molecular weight is 687 g/mol. The van der Waals surface area contributed by atoms with E-state index in [0.29, 0.717) is 63.7 Å². The van der Waals surface area contributed by atoms with Crippen molar-refractivity contribution in [1.82, 2.24) is 20.4 Å². The summed E-state index contributed by atoms with van der Waals surface area (Å²) in [6, 6.07) is 9.42. The Kier molecular flexibility index (Phi) is 16.2. The van der Waals surface area contributed by atoms with Crippen LogP contribution in [0.5, 0.6) is 0 Å². The number of rotatable bonds is 16. The van der Waals surface area contributed by atoms with E-state index < -0.39 is 17.7 Å². The highest BCUT2D eigenvalue weighted by Crippen LogP contribution is 2.29. The third-order valence-corrected chi connectivity index (χ3v) is 9.50. The number of hydrogen-bond donors (Lipinski definition) is 3. The summed E-state index contributed by atoms with van der Waals surface area (Å²) >= 11 is 0. The molecule has 1 aromatic rings. The number of amides is 4. The molecule has 274 valence electrons. The number of nitrogens with zero attached hydrogens (tertiary/aromatic N) is 2. The number of benzene rings is 1. The van der Waals surface area contributed by atoms with Gasteiger partial charge in [-0.25, -0.2) is 9.59 Å². The lowest BCUT2D eigenvalue weighted by Crippen LogP contribution is -2.44. The molecule has 2 aliphatic rings. The number of likely N-dealkylation sites (tertiary alicyclic amines) is 2. The first-order valence-electron chi connectivity index (χ1n) is 18.0. The van der Waals surface area contributed by atoms with Gasteiger partial charge in [-0.05, 0) is 109 Å². The molecule has 2 aliphatic heterocycles. The van der Waals surface area contributed by atoms with Crippen LogP contribution in [0.2, 0.25) is 0 Å². The monoisotopic (exact) mass is 686 g/mol. The first-order valence-corrected chi connectivity index (χ1v) is 18.0. The third-order valence-electron chi connectivity index (χ3n) is 9.50. The van der Waals surface area contributed by atoms with Crippen molar-refractivity contribution in [3.05, 3.63) is 35.9 Å². The van der Waals surface area contributed by atoms with Gasteiger partial charge in [0.2, 0.25) is 11.8 Å². The Balaban J connectivity index is 1.54. The molecule has 12 heteroatoms. The Hall–Kier alpha value is -3.83. The van der Waals surface area contributed by atoms with Gasteiger partial charge in [-0.3, -0.25) is 14.4 Å². The number of ether oxygens (including phenoxy) is 2. The van der Waals surface area contributed by atoms with E-state index in [9.17, 15) is 29.1 Å². The quantitative estimate of drug-likeness (QED) is 0.196. The second-order valence-corrected chi connectivity index (χ2v) is 14.5. The fraction of sp³-hybridized carbons (Fsp3) is 0.703. The second kappa shape index (κ2) is 20.0. The maximum Gasteiger partial charge on any atom is 0.410 e. The van der Waals surface area contributed by atoms with Gasteiger partial charge in [0.1, 0.15) is 5.60 Å². The minimum atomic E-state index is -0.892. The number of esters is 1. The standard InChI is InChI=1S/C37H58N4O8/c1-5-48-33(43)25-31(16-13-27-9-7-6-8-10-27)39-32(42)26-38-34(44)30(14-11-28-17-21-40(22-18-28)35(45)46)15-12-29-19-23-41(24-20-29)36(47)49-37(2,3)4/h6-10,28-31H,5,11-26H2,1-4H3,(H,38,44)(H,39,42)(H,45,46). The molecule has 2 saturated heterocycles. The van der Waals surface area contributed by atoms with E-state index in [1.54, 1.807) is 11.8 Å². The highest BCUT2D eigenvalue weighted by Gasteiger charge is 2.29. The van der Waals surface area contributed by atoms with Crippen LogP contribution in [0, 0.1) is 17.8 Å². The van der Waals surface area contributed by atoms with E-state index in [2.05, 4.69) is 10.6 Å². The Morgan fingerprint density at radius 1 is 0.878 bits per heavy atom. The summed E-state index contributed by atoms with van der Waals surface area (Å²) in [7, 11) is 0. The average Bonchev–Trinajstić information content (AvgIpc) is 3.06. The van der Waals surface area contributed by atoms with Crippen molar-refractivity contribution in [2.75, 3.05) is 39.3 Å². The first-order chi connectivity index (χ1) is 23.3. The Morgan fingerprint density at radius 3 is 1.98 bits per heavy atom. The normalized spacial score (nSPS) is 17.1. The molecule has 0 spiro atoms. The maximum atomic E-state index is 13.5. The molecule has 2 unspecified atom stereocenters. The highest BCUT2D eigenvalue weighted by atomic mass is 16.6. The van der Waals surface area contributed by atoms with Gasteiger partial charge in [0.15, 0.2) is 0 Å². The largest absolute Gasteiger partial charge is 0.466 e. The second-order valence-electron chi connectivity index (χ2n) is 14.5. The molecule has 3 rings (SSSR count). The van der Waals surface area contributed by atoms with Gasteiger partial charge in [-0.1, -0.05) is 30.3 Å². The molecule has 2 atom stereocenters. The molecule has 49 heavy (non-hydrogen) atoms. The number of nitrogens with one attached hydrogen (secondary N) is 2. The van der Waals surface area contributed by atoms with Gasteiger partial charge >= 0.3 is 18.2 Å². The molecule has 0 aliphatic carbocycles. The van der Waals surface area contributed by atoms with Crippen LogP contribution in [0.25, 0.3) is 0 Å². The summed E-state index contributed by atoms with van der Waals surface area (Å²) in [4.78, 5) is 65.9. The molecule has 0 bridgehead atoms. The Morgan fingerprint density at radius 2 is 1.45 bits per heavy atom.